The molecule has 4 nitrogen and oxygen atoms in total. The number of aromatic nitrogens is 2. The Balaban J connectivity index is 2.09. The lowest BCUT2D eigenvalue weighted by molar-refractivity contribution is 0.421. The summed E-state index contributed by atoms with van der Waals surface area (Å²) in [6.07, 6.45) is 4.20. The molecular formula is C15H18FN3O. The van der Waals surface area contributed by atoms with Crippen LogP contribution in [0.3, 0.4) is 0 Å². The number of rotatable bonds is 6. The van der Waals surface area contributed by atoms with Crippen molar-refractivity contribution in [3.63, 3.8) is 0 Å². The smallest absolute Gasteiger partial charge is 0.238 e. The van der Waals surface area contributed by atoms with Crippen LogP contribution in [0.1, 0.15) is 24.6 Å². The van der Waals surface area contributed by atoms with Gasteiger partial charge >= 0.3 is 0 Å². The predicted molar refractivity (Wildman–Crippen MR) is 75.2 cm³/mol. The zero-order chi connectivity index (χ0) is 14.4. The third-order valence-electron chi connectivity index (χ3n) is 2.77. The maximum absolute atomic E-state index is 13.9. The Morgan fingerprint density at radius 2 is 2.15 bits per heavy atom. The molecule has 0 saturated heterocycles. The number of aryl methyl sites for hydroxylation is 1. The van der Waals surface area contributed by atoms with E-state index in [0.717, 1.165) is 18.7 Å². The first-order valence-corrected chi connectivity index (χ1v) is 6.65. The van der Waals surface area contributed by atoms with Gasteiger partial charge in [0, 0.05) is 12.7 Å². The lowest BCUT2D eigenvalue weighted by Crippen LogP contribution is -2.15. The van der Waals surface area contributed by atoms with Gasteiger partial charge in [-0.3, -0.25) is 4.98 Å². The van der Waals surface area contributed by atoms with E-state index < -0.39 is 0 Å². The summed E-state index contributed by atoms with van der Waals surface area (Å²) in [5.41, 5.74) is 1.31. The van der Waals surface area contributed by atoms with Crippen LogP contribution >= 0.6 is 0 Å². The zero-order valence-electron chi connectivity index (χ0n) is 11.7. The second-order valence-corrected chi connectivity index (χ2v) is 4.51. The molecular weight excluding hydrogens is 257 g/mol. The van der Waals surface area contributed by atoms with Gasteiger partial charge in [0.1, 0.15) is 0 Å². The SMILES string of the molecule is CCCNCc1cncc(Oc2cccc(C)c2F)n1. The van der Waals surface area contributed by atoms with Crippen LogP contribution in [-0.2, 0) is 6.54 Å². The highest BCUT2D eigenvalue weighted by atomic mass is 19.1. The summed E-state index contributed by atoms with van der Waals surface area (Å²) >= 11 is 0. The van der Waals surface area contributed by atoms with Crippen molar-refractivity contribution < 1.29 is 9.13 Å². The van der Waals surface area contributed by atoms with Gasteiger partial charge in [-0.15, -0.1) is 0 Å². The average molecular weight is 275 g/mol. The fraction of sp³-hybridized carbons (Fsp3) is 0.333. The summed E-state index contributed by atoms with van der Waals surface area (Å²) in [6.45, 7) is 5.32. The Morgan fingerprint density at radius 3 is 2.95 bits per heavy atom. The van der Waals surface area contributed by atoms with Gasteiger partial charge in [0.2, 0.25) is 5.88 Å². The molecule has 1 aromatic heterocycles. The fourth-order valence-electron chi connectivity index (χ4n) is 1.73. The summed E-state index contributed by atoms with van der Waals surface area (Å²) in [4.78, 5) is 8.36. The molecule has 5 heteroatoms. The average Bonchev–Trinajstić information content (AvgIpc) is 2.45. The first kappa shape index (κ1) is 14.4. The minimum Gasteiger partial charge on any atom is -0.434 e. The van der Waals surface area contributed by atoms with Crippen molar-refractivity contribution in [2.45, 2.75) is 26.8 Å². The van der Waals surface area contributed by atoms with E-state index in [9.17, 15) is 4.39 Å². The van der Waals surface area contributed by atoms with Crippen LogP contribution in [0.15, 0.2) is 30.6 Å². The van der Waals surface area contributed by atoms with Gasteiger partial charge in [-0.25, -0.2) is 9.37 Å². The molecule has 0 aliphatic rings. The van der Waals surface area contributed by atoms with Crippen molar-refractivity contribution in [3.8, 4) is 11.6 Å². The molecule has 0 aliphatic carbocycles. The lowest BCUT2D eigenvalue weighted by Gasteiger charge is -2.08. The van der Waals surface area contributed by atoms with Crippen LogP contribution in [0.5, 0.6) is 11.6 Å². The van der Waals surface area contributed by atoms with Crippen molar-refractivity contribution in [2.75, 3.05) is 6.54 Å². The first-order chi connectivity index (χ1) is 9.70. The van der Waals surface area contributed by atoms with Gasteiger partial charge in [0.25, 0.3) is 0 Å². The van der Waals surface area contributed by atoms with E-state index in [4.69, 9.17) is 4.74 Å². The molecule has 0 bridgehead atoms. The summed E-state index contributed by atoms with van der Waals surface area (Å²) in [5, 5.41) is 3.23. The van der Waals surface area contributed by atoms with E-state index in [1.54, 1.807) is 31.3 Å². The molecule has 0 amide bonds. The molecule has 0 aliphatic heterocycles. The van der Waals surface area contributed by atoms with Gasteiger partial charge in [-0.05, 0) is 31.5 Å². The van der Waals surface area contributed by atoms with Gasteiger partial charge in [-0.2, -0.15) is 0 Å². The highest BCUT2D eigenvalue weighted by Gasteiger charge is 2.08. The summed E-state index contributed by atoms with van der Waals surface area (Å²) in [6, 6.07) is 5.01. The third kappa shape index (κ3) is 3.74. The lowest BCUT2D eigenvalue weighted by atomic mass is 10.2. The van der Waals surface area contributed by atoms with Gasteiger partial charge in [0.05, 0.1) is 11.9 Å². The summed E-state index contributed by atoms with van der Waals surface area (Å²) < 4.78 is 19.3. The molecule has 20 heavy (non-hydrogen) atoms. The predicted octanol–water partition coefficient (Wildman–Crippen LogP) is 3.22. The standard InChI is InChI=1S/C15H18FN3O/c1-3-7-17-8-12-9-18-10-14(19-12)20-13-6-4-5-11(2)15(13)16/h4-6,9-10,17H,3,7-8H2,1-2H3. The van der Waals surface area contributed by atoms with E-state index in [2.05, 4.69) is 22.2 Å². The van der Waals surface area contributed by atoms with E-state index in [1.807, 2.05) is 0 Å². The maximum Gasteiger partial charge on any atom is 0.238 e. The molecule has 0 atom stereocenters. The van der Waals surface area contributed by atoms with Crippen LogP contribution in [0.25, 0.3) is 0 Å². The minimum absolute atomic E-state index is 0.165. The van der Waals surface area contributed by atoms with Crippen LogP contribution in [0.4, 0.5) is 4.39 Å². The molecule has 1 heterocycles. The molecule has 2 aromatic rings. The molecule has 0 spiro atoms. The molecule has 1 N–H and O–H groups in total. The third-order valence-corrected chi connectivity index (χ3v) is 2.77. The summed E-state index contributed by atoms with van der Waals surface area (Å²) in [7, 11) is 0. The first-order valence-electron chi connectivity index (χ1n) is 6.65. The largest absolute Gasteiger partial charge is 0.434 e. The monoisotopic (exact) mass is 275 g/mol. The highest BCUT2D eigenvalue weighted by Crippen LogP contribution is 2.24. The van der Waals surface area contributed by atoms with E-state index in [-0.39, 0.29) is 11.6 Å². The molecule has 0 saturated carbocycles. The van der Waals surface area contributed by atoms with Gasteiger partial charge in [-0.1, -0.05) is 19.1 Å². The molecule has 0 unspecified atom stereocenters. The number of halogens is 1. The van der Waals surface area contributed by atoms with E-state index in [1.165, 1.54) is 6.20 Å². The molecule has 106 valence electrons. The van der Waals surface area contributed by atoms with Crippen molar-refractivity contribution in [1.82, 2.24) is 15.3 Å². The fourth-order valence-corrected chi connectivity index (χ4v) is 1.73. The molecule has 1 aromatic carbocycles. The number of ether oxygens (including phenoxy) is 1. The highest BCUT2D eigenvalue weighted by molar-refractivity contribution is 5.32. The summed E-state index contributed by atoms with van der Waals surface area (Å²) in [5.74, 6) is 0.0899. The number of nitrogens with one attached hydrogen (secondary N) is 1. The second kappa shape index (κ2) is 6.96. The molecule has 0 radical (unpaired) electrons. The van der Waals surface area contributed by atoms with E-state index in [0.29, 0.717) is 18.0 Å². The Labute approximate surface area is 118 Å². The molecule has 0 fully saturated rings. The van der Waals surface area contributed by atoms with Crippen LogP contribution in [0, 0.1) is 12.7 Å². The zero-order valence-corrected chi connectivity index (χ0v) is 11.7. The van der Waals surface area contributed by atoms with Crippen molar-refractivity contribution in [1.29, 1.82) is 0 Å². The topological polar surface area (TPSA) is 47.0 Å². The van der Waals surface area contributed by atoms with Gasteiger partial charge in [0.15, 0.2) is 11.6 Å². The number of nitrogens with zero attached hydrogens (tertiary/aromatic N) is 2. The molecule has 2 rings (SSSR count). The van der Waals surface area contributed by atoms with Gasteiger partial charge < -0.3 is 10.1 Å². The second-order valence-electron chi connectivity index (χ2n) is 4.51. The Bertz CT molecular complexity index is 575. The van der Waals surface area contributed by atoms with Crippen molar-refractivity contribution in [3.05, 3.63) is 47.7 Å². The van der Waals surface area contributed by atoms with Crippen LogP contribution < -0.4 is 10.1 Å². The Kier molecular flexibility index (Phi) is 5.01. The normalized spacial score (nSPS) is 10.6. The van der Waals surface area contributed by atoms with Crippen LogP contribution in [-0.4, -0.2) is 16.5 Å². The minimum atomic E-state index is -0.371. The quantitative estimate of drug-likeness (QED) is 0.822. The Morgan fingerprint density at radius 1 is 1.30 bits per heavy atom. The van der Waals surface area contributed by atoms with Crippen molar-refractivity contribution >= 4 is 0 Å². The maximum atomic E-state index is 13.9. The number of hydrogen-bond donors (Lipinski definition) is 1. The Hall–Kier alpha value is -2.01. The number of benzene rings is 1. The van der Waals surface area contributed by atoms with E-state index >= 15 is 0 Å². The van der Waals surface area contributed by atoms with Crippen LogP contribution in [0.2, 0.25) is 0 Å². The van der Waals surface area contributed by atoms with Crippen molar-refractivity contribution in [2.24, 2.45) is 0 Å². The number of hydrogen-bond acceptors (Lipinski definition) is 4.